The van der Waals surface area contributed by atoms with Gasteiger partial charge in [0.05, 0.1) is 28.9 Å². The van der Waals surface area contributed by atoms with Gasteiger partial charge < -0.3 is 10.4 Å². The van der Waals surface area contributed by atoms with Crippen molar-refractivity contribution in [2.24, 2.45) is 0 Å². The highest BCUT2D eigenvalue weighted by atomic mass is 35.5. The summed E-state index contributed by atoms with van der Waals surface area (Å²) in [4.78, 5) is 4.01. The van der Waals surface area contributed by atoms with Gasteiger partial charge in [0.1, 0.15) is 6.07 Å². The molecule has 1 heterocycles. The maximum absolute atomic E-state index is 9.00. The molecule has 0 aliphatic heterocycles. The van der Waals surface area contributed by atoms with E-state index in [0.717, 1.165) is 0 Å². The van der Waals surface area contributed by atoms with Gasteiger partial charge in [-0.1, -0.05) is 11.6 Å². The van der Waals surface area contributed by atoms with E-state index in [1.54, 1.807) is 7.05 Å². The zero-order valence-corrected chi connectivity index (χ0v) is 8.41. The molecule has 1 unspecified atom stereocenters. The van der Waals surface area contributed by atoms with Gasteiger partial charge >= 0.3 is 0 Å². The molecule has 1 rings (SSSR count). The number of nitriles is 1. The molecule has 0 fully saturated rings. The second-order valence-corrected chi connectivity index (χ2v) is 3.13. The van der Waals surface area contributed by atoms with Gasteiger partial charge in [0.25, 0.3) is 0 Å². The smallest absolute Gasteiger partial charge is 0.101 e. The van der Waals surface area contributed by atoms with Crippen molar-refractivity contribution in [3.05, 3.63) is 28.5 Å². The molecule has 14 heavy (non-hydrogen) atoms. The summed E-state index contributed by atoms with van der Waals surface area (Å²) in [5, 5.41) is 20.8. The Labute approximate surface area is 87.2 Å². The fourth-order valence-electron chi connectivity index (χ4n) is 1.08. The van der Waals surface area contributed by atoms with Crippen molar-refractivity contribution in [1.29, 1.82) is 5.26 Å². The van der Waals surface area contributed by atoms with Crippen LogP contribution in [0.1, 0.15) is 17.3 Å². The second kappa shape index (κ2) is 4.91. The van der Waals surface area contributed by atoms with Gasteiger partial charge in [-0.15, -0.1) is 0 Å². The summed E-state index contributed by atoms with van der Waals surface area (Å²) in [6, 6.07) is 3.18. The molecule has 0 radical (unpaired) electrons. The van der Waals surface area contributed by atoms with E-state index in [9.17, 15) is 0 Å². The molecule has 0 spiro atoms. The minimum Gasteiger partial charge on any atom is -0.394 e. The fraction of sp³-hybridized carbons (Fsp3) is 0.333. The third kappa shape index (κ3) is 2.20. The summed E-state index contributed by atoms with van der Waals surface area (Å²) in [6.07, 6.45) is 1.43. The van der Waals surface area contributed by atoms with Gasteiger partial charge in [-0.25, -0.2) is 0 Å². The number of aliphatic hydroxyl groups excluding tert-OH is 1. The Balaban J connectivity index is 3.05. The lowest BCUT2D eigenvalue weighted by molar-refractivity contribution is 0.248. The Morgan fingerprint density at radius 1 is 1.79 bits per heavy atom. The van der Waals surface area contributed by atoms with Crippen molar-refractivity contribution >= 4 is 11.6 Å². The molecule has 0 aliphatic carbocycles. The lowest BCUT2D eigenvalue weighted by Gasteiger charge is -2.13. The Morgan fingerprint density at radius 3 is 2.93 bits per heavy atom. The van der Waals surface area contributed by atoms with Crippen molar-refractivity contribution in [2.45, 2.75) is 6.04 Å². The van der Waals surface area contributed by atoms with Crippen LogP contribution in [0.5, 0.6) is 0 Å². The molecule has 1 atom stereocenters. The van der Waals surface area contributed by atoms with Crippen LogP contribution in [-0.2, 0) is 0 Å². The van der Waals surface area contributed by atoms with Crippen LogP contribution in [0.2, 0.25) is 5.02 Å². The first-order valence-electron chi connectivity index (χ1n) is 4.06. The van der Waals surface area contributed by atoms with Crippen LogP contribution in [0.25, 0.3) is 0 Å². The molecule has 74 valence electrons. The maximum Gasteiger partial charge on any atom is 0.101 e. The molecule has 0 bridgehead atoms. The predicted octanol–water partition coefficient (Wildman–Crippen LogP) is 0.859. The van der Waals surface area contributed by atoms with Crippen molar-refractivity contribution in [1.82, 2.24) is 10.3 Å². The molecular weight excluding hydrogens is 202 g/mol. The zero-order valence-electron chi connectivity index (χ0n) is 7.66. The van der Waals surface area contributed by atoms with E-state index in [0.29, 0.717) is 16.3 Å². The lowest BCUT2D eigenvalue weighted by Crippen LogP contribution is -2.21. The number of nitrogens with zero attached hydrogens (tertiary/aromatic N) is 2. The maximum atomic E-state index is 9.00. The Bertz CT molecular complexity index is 358. The van der Waals surface area contributed by atoms with Crippen LogP contribution in [0, 0.1) is 11.3 Å². The predicted molar refractivity (Wildman–Crippen MR) is 52.8 cm³/mol. The summed E-state index contributed by atoms with van der Waals surface area (Å²) in [6.45, 7) is -0.0882. The highest BCUT2D eigenvalue weighted by Crippen LogP contribution is 2.20. The van der Waals surface area contributed by atoms with Crippen LogP contribution in [-0.4, -0.2) is 23.7 Å². The molecule has 2 N–H and O–H groups in total. The third-order valence-electron chi connectivity index (χ3n) is 1.86. The van der Waals surface area contributed by atoms with Crippen LogP contribution in [0.15, 0.2) is 12.3 Å². The van der Waals surface area contributed by atoms with Crippen LogP contribution < -0.4 is 5.32 Å². The summed E-state index contributed by atoms with van der Waals surface area (Å²) in [5.74, 6) is 0. The number of aromatic nitrogens is 1. The highest BCUT2D eigenvalue weighted by molar-refractivity contribution is 6.31. The van der Waals surface area contributed by atoms with Crippen molar-refractivity contribution in [2.75, 3.05) is 13.7 Å². The number of hydrogen-bond acceptors (Lipinski definition) is 4. The van der Waals surface area contributed by atoms with Crippen LogP contribution >= 0.6 is 11.6 Å². The molecule has 1 aromatic rings. The highest BCUT2D eigenvalue weighted by Gasteiger charge is 2.13. The number of pyridine rings is 1. The largest absolute Gasteiger partial charge is 0.394 e. The quantitative estimate of drug-likeness (QED) is 0.778. The molecule has 0 aliphatic rings. The van der Waals surface area contributed by atoms with E-state index < -0.39 is 0 Å². The van der Waals surface area contributed by atoms with Gasteiger partial charge in [0.15, 0.2) is 0 Å². The number of aliphatic hydroxyl groups is 1. The van der Waals surface area contributed by atoms with E-state index in [2.05, 4.69) is 10.3 Å². The number of hydrogen-bond donors (Lipinski definition) is 2. The van der Waals surface area contributed by atoms with Gasteiger partial charge in [0, 0.05) is 6.20 Å². The van der Waals surface area contributed by atoms with Gasteiger partial charge in [0.2, 0.25) is 0 Å². The summed E-state index contributed by atoms with van der Waals surface area (Å²) in [5.41, 5.74) is 0.960. The molecule has 1 aromatic heterocycles. The second-order valence-electron chi connectivity index (χ2n) is 2.73. The molecule has 0 saturated carbocycles. The molecule has 4 nitrogen and oxygen atoms in total. The van der Waals surface area contributed by atoms with E-state index in [4.69, 9.17) is 22.0 Å². The molecule has 5 heteroatoms. The van der Waals surface area contributed by atoms with E-state index >= 15 is 0 Å². The summed E-state index contributed by atoms with van der Waals surface area (Å²) < 4.78 is 0. The number of likely N-dealkylation sites (N-methyl/N-ethyl adjacent to an activating group) is 1. The minimum atomic E-state index is -0.296. The SMILES string of the molecule is CNC(CO)c1ncc(C#N)cc1Cl. The Morgan fingerprint density at radius 2 is 2.50 bits per heavy atom. The lowest BCUT2D eigenvalue weighted by atomic mass is 10.2. The number of halogens is 1. The van der Waals surface area contributed by atoms with Crippen molar-refractivity contribution in [3.8, 4) is 6.07 Å². The average molecular weight is 212 g/mol. The third-order valence-corrected chi connectivity index (χ3v) is 2.16. The van der Waals surface area contributed by atoms with E-state index in [-0.39, 0.29) is 12.6 Å². The molecule has 0 aromatic carbocycles. The minimum absolute atomic E-state index is 0.0882. The normalized spacial score (nSPS) is 12.1. The fourth-order valence-corrected chi connectivity index (χ4v) is 1.38. The Hall–Kier alpha value is -1.15. The first-order chi connectivity index (χ1) is 6.72. The monoisotopic (exact) mass is 211 g/mol. The first-order valence-corrected chi connectivity index (χ1v) is 4.44. The Kier molecular flexibility index (Phi) is 3.84. The van der Waals surface area contributed by atoms with Crippen molar-refractivity contribution < 1.29 is 5.11 Å². The number of nitrogens with one attached hydrogen (secondary N) is 1. The zero-order chi connectivity index (χ0) is 10.6. The topological polar surface area (TPSA) is 68.9 Å². The van der Waals surface area contributed by atoms with Gasteiger partial charge in [-0.2, -0.15) is 5.26 Å². The van der Waals surface area contributed by atoms with E-state index in [1.807, 2.05) is 6.07 Å². The first kappa shape index (κ1) is 10.9. The molecular formula is C9H10ClN3O. The molecule has 0 amide bonds. The standard InChI is InChI=1S/C9H10ClN3O/c1-12-8(5-14)9-7(10)2-6(3-11)4-13-9/h2,4,8,12,14H,5H2,1H3. The van der Waals surface area contributed by atoms with Gasteiger partial charge in [-0.05, 0) is 13.1 Å². The molecule has 0 saturated heterocycles. The van der Waals surface area contributed by atoms with Crippen molar-refractivity contribution in [3.63, 3.8) is 0 Å². The van der Waals surface area contributed by atoms with Crippen LogP contribution in [0.4, 0.5) is 0 Å². The summed E-state index contributed by atoms with van der Waals surface area (Å²) in [7, 11) is 1.71. The summed E-state index contributed by atoms with van der Waals surface area (Å²) >= 11 is 5.90. The van der Waals surface area contributed by atoms with Gasteiger partial charge in [-0.3, -0.25) is 4.98 Å². The number of rotatable bonds is 3. The van der Waals surface area contributed by atoms with Crippen LogP contribution in [0.3, 0.4) is 0 Å². The van der Waals surface area contributed by atoms with E-state index in [1.165, 1.54) is 12.3 Å². The average Bonchev–Trinajstić information content (AvgIpc) is 2.22.